The second-order valence-corrected chi connectivity index (χ2v) is 7.21. The van der Waals surface area contributed by atoms with Crippen LogP contribution in [0.4, 0.5) is 0 Å². The quantitative estimate of drug-likeness (QED) is 0.845. The molecule has 2 nitrogen and oxygen atoms in total. The van der Waals surface area contributed by atoms with Crippen LogP contribution >= 0.6 is 31.9 Å². The number of carbonyl (C=O) groups is 1. The van der Waals surface area contributed by atoms with E-state index >= 15 is 0 Å². The third-order valence-corrected chi connectivity index (χ3v) is 5.29. The Hall–Kier alpha value is -0.350. The van der Waals surface area contributed by atoms with Crippen LogP contribution in [0.5, 0.6) is 0 Å². The zero-order valence-electron chi connectivity index (χ0n) is 10.0. The number of carbonyl (C=O) groups excluding carboxylic acids is 1. The summed E-state index contributed by atoms with van der Waals surface area (Å²) in [5.41, 5.74) is 1.16. The molecular weight excluding hydrogens is 358 g/mol. The van der Waals surface area contributed by atoms with Crippen molar-refractivity contribution in [2.24, 2.45) is 11.3 Å². The fraction of sp³-hybridized carbons (Fsp3) is 0.500. The van der Waals surface area contributed by atoms with Crippen LogP contribution in [-0.4, -0.2) is 12.5 Å². The molecule has 4 heteroatoms. The van der Waals surface area contributed by atoms with Gasteiger partial charge in [-0.2, -0.15) is 0 Å². The maximum atomic E-state index is 12.2. The molecule has 2 saturated carbocycles. The van der Waals surface area contributed by atoms with Crippen molar-refractivity contribution in [3.05, 3.63) is 32.7 Å². The number of halogens is 2. The molecule has 1 amide bonds. The van der Waals surface area contributed by atoms with E-state index in [4.69, 9.17) is 0 Å². The molecule has 3 rings (SSSR count). The van der Waals surface area contributed by atoms with Gasteiger partial charge >= 0.3 is 0 Å². The van der Waals surface area contributed by atoms with Gasteiger partial charge in [-0.3, -0.25) is 4.79 Å². The van der Waals surface area contributed by atoms with Gasteiger partial charge in [0.15, 0.2) is 0 Å². The van der Waals surface area contributed by atoms with Crippen molar-refractivity contribution < 1.29 is 4.79 Å². The van der Waals surface area contributed by atoms with Crippen molar-refractivity contribution in [1.82, 2.24) is 5.32 Å². The lowest BCUT2D eigenvalue weighted by Gasteiger charge is -2.15. The molecule has 0 radical (unpaired) electrons. The molecule has 0 unspecified atom stereocenters. The predicted octanol–water partition coefficient (Wildman–Crippen LogP) is 4.13. The number of rotatable bonds is 4. The highest BCUT2D eigenvalue weighted by Crippen LogP contribution is 2.60. The van der Waals surface area contributed by atoms with Gasteiger partial charge in [0.05, 0.1) is 5.56 Å². The fourth-order valence-electron chi connectivity index (χ4n) is 2.61. The highest BCUT2D eigenvalue weighted by Gasteiger charge is 2.53. The van der Waals surface area contributed by atoms with Crippen LogP contribution in [0.3, 0.4) is 0 Å². The highest BCUT2D eigenvalue weighted by atomic mass is 79.9. The van der Waals surface area contributed by atoms with E-state index in [0.717, 1.165) is 21.4 Å². The average Bonchev–Trinajstić information content (AvgIpc) is 3.21. The SMILES string of the molecule is O=C(NCC1(C2CC2)CC1)c1cc(Br)ccc1Br. The van der Waals surface area contributed by atoms with Gasteiger partial charge in [-0.05, 0) is 71.1 Å². The predicted molar refractivity (Wildman–Crippen MR) is 78.6 cm³/mol. The number of hydrogen-bond donors (Lipinski definition) is 1. The topological polar surface area (TPSA) is 29.1 Å². The van der Waals surface area contributed by atoms with E-state index in [1.54, 1.807) is 0 Å². The Morgan fingerprint density at radius 3 is 2.67 bits per heavy atom. The Balaban J connectivity index is 1.65. The normalized spacial score (nSPS) is 20.6. The monoisotopic (exact) mass is 371 g/mol. The second-order valence-electron chi connectivity index (χ2n) is 5.44. The first-order valence-corrected chi connectivity index (χ1v) is 7.93. The molecule has 2 fully saturated rings. The Kier molecular flexibility index (Phi) is 3.27. The van der Waals surface area contributed by atoms with Gasteiger partial charge in [0.25, 0.3) is 5.91 Å². The fourth-order valence-corrected chi connectivity index (χ4v) is 3.40. The van der Waals surface area contributed by atoms with E-state index < -0.39 is 0 Å². The minimum absolute atomic E-state index is 0.0232. The van der Waals surface area contributed by atoms with Gasteiger partial charge in [0.2, 0.25) is 0 Å². The van der Waals surface area contributed by atoms with Crippen molar-refractivity contribution in [2.45, 2.75) is 25.7 Å². The molecule has 1 N–H and O–H groups in total. The van der Waals surface area contributed by atoms with Gasteiger partial charge in [0.1, 0.15) is 0 Å². The van der Waals surface area contributed by atoms with Gasteiger partial charge < -0.3 is 5.32 Å². The molecule has 0 atom stereocenters. The first-order valence-electron chi connectivity index (χ1n) is 6.34. The zero-order valence-corrected chi connectivity index (χ0v) is 13.2. The molecule has 0 heterocycles. The first-order chi connectivity index (χ1) is 8.61. The van der Waals surface area contributed by atoms with Crippen LogP contribution < -0.4 is 5.32 Å². The molecule has 0 aromatic heterocycles. The molecule has 96 valence electrons. The molecule has 0 aliphatic heterocycles. The Labute approximate surface area is 124 Å². The number of hydrogen-bond acceptors (Lipinski definition) is 1. The van der Waals surface area contributed by atoms with E-state index in [9.17, 15) is 4.79 Å². The van der Waals surface area contributed by atoms with E-state index in [1.165, 1.54) is 25.7 Å². The van der Waals surface area contributed by atoms with E-state index in [-0.39, 0.29) is 5.91 Å². The lowest BCUT2D eigenvalue weighted by molar-refractivity contribution is 0.0942. The largest absolute Gasteiger partial charge is 0.351 e. The van der Waals surface area contributed by atoms with Crippen molar-refractivity contribution in [2.75, 3.05) is 6.54 Å². The highest BCUT2D eigenvalue weighted by molar-refractivity contribution is 9.11. The van der Waals surface area contributed by atoms with Gasteiger partial charge in [-0.25, -0.2) is 0 Å². The molecular formula is C14H15Br2NO. The Bertz CT molecular complexity index is 493. The van der Waals surface area contributed by atoms with Crippen LogP contribution in [0.15, 0.2) is 27.1 Å². The molecule has 0 saturated heterocycles. The molecule has 0 bridgehead atoms. The lowest BCUT2D eigenvalue weighted by Crippen LogP contribution is -2.31. The Morgan fingerprint density at radius 2 is 2.06 bits per heavy atom. The summed E-state index contributed by atoms with van der Waals surface area (Å²) in [5, 5.41) is 3.10. The molecule has 2 aliphatic carbocycles. The molecule has 18 heavy (non-hydrogen) atoms. The first kappa shape index (κ1) is 12.7. The maximum absolute atomic E-state index is 12.2. The van der Waals surface area contributed by atoms with Crippen molar-refractivity contribution in [3.63, 3.8) is 0 Å². The summed E-state index contributed by atoms with van der Waals surface area (Å²) >= 11 is 6.83. The molecule has 1 aromatic carbocycles. The summed E-state index contributed by atoms with van der Waals surface area (Å²) in [5.74, 6) is 0.902. The third-order valence-electron chi connectivity index (χ3n) is 4.11. The summed E-state index contributed by atoms with van der Waals surface area (Å²) in [6, 6.07) is 5.68. The number of amides is 1. The van der Waals surface area contributed by atoms with Crippen LogP contribution in [0, 0.1) is 11.3 Å². The smallest absolute Gasteiger partial charge is 0.252 e. The summed E-state index contributed by atoms with van der Waals surface area (Å²) in [4.78, 5) is 12.2. The van der Waals surface area contributed by atoms with Crippen LogP contribution in [0.2, 0.25) is 0 Å². The van der Waals surface area contributed by atoms with Crippen LogP contribution in [0.1, 0.15) is 36.0 Å². The average molecular weight is 373 g/mol. The van der Waals surface area contributed by atoms with Gasteiger partial charge in [-0.15, -0.1) is 0 Å². The summed E-state index contributed by atoms with van der Waals surface area (Å²) in [6.45, 7) is 0.843. The minimum atomic E-state index is 0.0232. The molecule has 0 spiro atoms. The zero-order chi connectivity index (χ0) is 12.8. The van der Waals surface area contributed by atoms with Crippen molar-refractivity contribution in [1.29, 1.82) is 0 Å². The minimum Gasteiger partial charge on any atom is -0.351 e. The number of benzene rings is 1. The maximum Gasteiger partial charge on any atom is 0.252 e. The van der Waals surface area contributed by atoms with Gasteiger partial charge in [0, 0.05) is 15.5 Å². The lowest BCUT2D eigenvalue weighted by atomic mass is 10.0. The van der Waals surface area contributed by atoms with Crippen molar-refractivity contribution in [3.8, 4) is 0 Å². The van der Waals surface area contributed by atoms with E-state index in [2.05, 4.69) is 37.2 Å². The summed E-state index contributed by atoms with van der Waals surface area (Å²) in [6.07, 6.45) is 5.29. The molecule has 2 aliphatic rings. The summed E-state index contributed by atoms with van der Waals surface area (Å²) in [7, 11) is 0. The van der Waals surface area contributed by atoms with Crippen molar-refractivity contribution >= 4 is 37.8 Å². The number of nitrogens with one attached hydrogen (secondary N) is 1. The standard InChI is InChI=1S/C14H15Br2NO/c15-10-3-4-12(16)11(7-10)13(18)17-8-14(5-6-14)9-1-2-9/h3-4,7,9H,1-2,5-6,8H2,(H,17,18). The van der Waals surface area contributed by atoms with E-state index in [0.29, 0.717) is 11.0 Å². The summed E-state index contributed by atoms with van der Waals surface area (Å²) < 4.78 is 1.78. The second kappa shape index (κ2) is 4.64. The van der Waals surface area contributed by atoms with Gasteiger partial charge in [-0.1, -0.05) is 15.9 Å². The Morgan fingerprint density at radius 1 is 1.33 bits per heavy atom. The van der Waals surface area contributed by atoms with E-state index in [1.807, 2.05) is 18.2 Å². The third kappa shape index (κ3) is 2.50. The molecule has 1 aromatic rings. The van der Waals surface area contributed by atoms with Crippen LogP contribution in [-0.2, 0) is 0 Å². The van der Waals surface area contributed by atoms with Crippen LogP contribution in [0.25, 0.3) is 0 Å².